The topological polar surface area (TPSA) is 102 Å². The summed E-state index contributed by atoms with van der Waals surface area (Å²) in [5.41, 5.74) is 1.81. The number of aromatic nitrogens is 3. The molecule has 2 aliphatic rings. The minimum atomic E-state index is -1.16. The molecule has 1 atom stereocenters. The molecule has 3 heterocycles. The summed E-state index contributed by atoms with van der Waals surface area (Å²) in [6.07, 6.45) is 6.64. The molecule has 2 N–H and O–H groups in total. The van der Waals surface area contributed by atoms with Crippen molar-refractivity contribution in [2.45, 2.75) is 96.6 Å². The number of aliphatic hydroxyl groups is 1. The van der Waals surface area contributed by atoms with Crippen LogP contribution >= 0.6 is 0 Å². The Kier molecular flexibility index (Phi) is 7.97. The summed E-state index contributed by atoms with van der Waals surface area (Å²) >= 11 is 0. The third kappa shape index (κ3) is 7.20. The molecular weight excluding hydrogens is 474 g/mol. The average Bonchev–Trinajstić information content (AvgIpc) is 3.57. The van der Waals surface area contributed by atoms with Crippen LogP contribution in [0.4, 0.5) is 10.6 Å². The molecule has 1 saturated carbocycles. The van der Waals surface area contributed by atoms with Crippen molar-refractivity contribution in [3.8, 4) is 0 Å². The second-order valence-electron chi connectivity index (χ2n) is 12.5. The van der Waals surface area contributed by atoms with Gasteiger partial charge < -0.3 is 29.4 Å². The van der Waals surface area contributed by atoms with E-state index in [2.05, 4.69) is 25.0 Å². The maximum absolute atomic E-state index is 12.4. The van der Waals surface area contributed by atoms with E-state index in [-0.39, 0.29) is 12.1 Å². The van der Waals surface area contributed by atoms with Crippen LogP contribution in [-0.2, 0) is 16.2 Å². The highest BCUT2D eigenvalue weighted by atomic mass is 28.3. The Morgan fingerprint density at radius 3 is 2.53 bits per heavy atom. The Balaban J connectivity index is 1.42. The fourth-order valence-electron chi connectivity index (χ4n) is 4.41. The summed E-state index contributed by atoms with van der Waals surface area (Å²) in [6.45, 7) is 15.1. The lowest BCUT2D eigenvalue weighted by Crippen LogP contribution is -2.44. The minimum absolute atomic E-state index is 0.194. The molecule has 36 heavy (non-hydrogen) atoms. The van der Waals surface area contributed by atoms with Gasteiger partial charge in [0, 0.05) is 45.6 Å². The highest BCUT2D eigenvalue weighted by molar-refractivity contribution is 6.76. The molecule has 1 amide bonds. The molecule has 0 aromatic carbocycles. The van der Waals surface area contributed by atoms with Gasteiger partial charge in [-0.25, -0.2) is 14.8 Å². The van der Waals surface area contributed by atoms with E-state index in [1.54, 1.807) is 11.1 Å². The van der Waals surface area contributed by atoms with Gasteiger partial charge in [-0.1, -0.05) is 19.6 Å². The zero-order chi connectivity index (χ0) is 26.1. The molecule has 1 aliphatic heterocycles. The zero-order valence-corrected chi connectivity index (χ0v) is 23.7. The number of hydrogen-bond acceptors (Lipinski definition) is 7. The quantitative estimate of drug-likeness (QED) is 0.356. The first-order valence-electron chi connectivity index (χ1n) is 13.3. The van der Waals surface area contributed by atoms with Crippen LogP contribution in [0.1, 0.15) is 58.1 Å². The van der Waals surface area contributed by atoms with Crippen LogP contribution in [0.3, 0.4) is 0 Å². The number of fused-ring (bicyclic) bond motifs is 1. The maximum Gasteiger partial charge on any atom is 0.410 e. The predicted molar refractivity (Wildman–Crippen MR) is 144 cm³/mol. The summed E-state index contributed by atoms with van der Waals surface area (Å²) in [5, 5.41) is 14.4. The molecule has 10 heteroatoms. The minimum Gasteiger partial charge on any atom is -0.444 e. The van der Waals surface area contributed by atoms with Crippen molar-refractivity contribution in [3.63, 3.8) is 0 Å². The number of aliphatic hydroxyl groups excluding tert-OH is 1. The summed E-state index contributed by atoms with van der Waals surface area (Å²) in [6, 6.07) is 1.30. The number of carbonyl (C=O) groups excluding carboxylic acids is 1. The Hall–Kier alpha value is -2.17. The molecule has 0 bridgehead atoms. The van der Waals surface area contributed by atoms with Crippen molar-refractivity contribution >= 4 is 31.1 Å². The first-order chi connectivity index (χ1) is 16.9. The van der Waals surface area contributed by atoms with Gasteiger partial charge in [0.15, 0.2) is 5.65 Å². The Morgan fingerprint density at radius 2 is 1.92 bits per heavy atom. The highest BCUT2D eigenvalue weighted by Gasteiger charge is 2.34. The van der Waals surface area contributed by atoms with Gasteiger partial charge in [-0.15, -0.1) is 0 Å². The lowest BCUT2D eigenvalue weighted by Gasteiger charge is -2.33. The number of ether oxygens (including phenoxy) is 2. The molecule has 2 fully saturated rings. The van der Waals surface area contributed by atoms with Crippen molar-refractivity contribution in [3.05, 3.63) is 18.0 Å². The van der Waals surface area contributed by atoms with Crippen molar-refractivity contribution in [1.29, 1.82) is 0 Å². The molecule has 0 radical (unpaired) electrons. The normalized spacial score (nSPS) is 18.5. The Labute approximate surface area is 215 Å². The largest absolute Gasteiger partial charge is 0.444 e. The second kappa shape index (κ2) is 10.7. The number of nitrogens with one attached hydrogen (secondary N) is 1. The van der Waals surface area contributed by atoms with E-state index in [0.717, 1.165) is 55.1 Å². The SMILES string of the molecule is CC(C)(C)OC(=O)N1CCC(Nc2cnc3c(n2)c(C(O)C2CC2)cn3COCC[Si](C)(C)C)CC1. The van der Waals surface area contributed by atoms with Gasteiger partial charge in [0.1, 0.15) is 23.7 Å². The lowest BCUT2D eigenvalue weighted by molar-refractivity contribution is 0.0210. The molecule has 2 aromatic rings. The molecule has 200 valence electrons. The van der Waals surface area contributed by atoms with E-state index < -0.39 is 19.8 Å². The molecule has 1 aliphatic carbocycles. The number of anilines is 1. The van der Waals surface area contributed by atoms with Crippen LogP contribution in [0.15, 0.2) is 12.4 Å². The van der Waals surface area contributed by atoms with Gasteiger partial charge >= 0.3 is 6.09 Å². The van der Waals surface area contributed by atoms with Crippen LogP contribution in [-0.4, -0.2) is 70.0 Å². The number of hydrogen-bond donors (Lipinski definition) is 2. The van der Waals surface area contributed by atoms with Crippen molar-refractivity contribution < 1.29 is 19.4 Å². The average molecular weight is 518 g/mol. The first-order valence-corrected chi connectivity index (χ1v) is 17.0. The zero-order valence-electron chi connectivity index (χ0n) is 22.7. The van der Waals surface area contributed by atoms with Crippen molar-refractivity contribution in [2.24, 2.45) is 5.92 Å². The number of likely N-dealkylation sites (tertiary alicyclic amines) is 1. The monoisotopic (exact) mass is 517 g/mol. The second-order valence-corrected chi connectivity index (χ2v) is 18.1. The van der Waals surface area contributed by atoms with Gasteiger partial charge in [0.05, 0.1) is 12.3 Å². The summed E-state index contributed by atoms with van der Waals surface area (Å²) in [5.74, 6) is 0.993. The number of rotatable bonds is 9. The van der Waals surface area contributed by atoms with E-state index >= 15 is 0 Å². The van der Waals surface area contributed by atoms with Crippen LogP contribution in [0.2, 0.25) is 25.7 Å². The summed E-state index contributed by atoms with van der Waals surface area (Å²) in [7, 11) is -1.16. The van der Waals surface area contributed by atoms with Crippen LogP contribution in [0.25, 0.3) is 11.2 Å². The van der Waals surface area contributed by atoms with Gasteiger partial charge in [0.2, 0.25) is 0 Å². The summed E-state index contributed by atoms with van der Waals surface area (Å²) < 4.78 is 13.4. The number of amides is 1. The van der Waals surface area contributed by atoms with Gasteiger partial charge in [-0.3, -0.25) is 0 Å². The summed E-state index contributed by atoms with van der Waals surface area (Å²) in [4.78, 5) is 23.7. The fourth-order valence-corrected chi connectivity index (χ4v) is 5.17. The van der Waals surface area contributed by atoms with Gasteiger partial charge in [0.25, 0.3) is 0 Å². The molecule has 4 rings (SSSR count). The van der Waals surface area contributed by atoms with Crippen LogP contribution in [0.5, 0.6) is 0 Å². The van der Waals surface area contributed by atoms with E-state index in [1.807, 2.05) is 31.5 Å². The van der Waals surface area contributed by atoms with E-state index in [1.165, 1.54) is 0 Å². The van der Waals surface area contributed by atoms with Crippen molar-refractivity contribution in [2.75, 3.05) is 25.0 Å². The molecule has 1 unspecified atom stereocenters. The molecule has 2 aromatic heterocycles. The van der Waals surface area contributed by atoms with Crippen LogP contribution < -0.4 is 5.32 Å². The van der Waals surface area contributed by atoms with Gasteiger partial charge in [-0.05, 0) is 58.4 Å². The standard InChI is InChI=1S/C26H43N5O4Si/c1-26(2,3)35-25(33)30-11-9-19(10-12-30)28-21-15-27-24-22(29-21)20(23(32)18-7-8-18)16-31(24)17-34-13-14-36(4,5)6/h15-16,18-19,23,32H,7-14,17H2,1-6H3,(H,28,29). The molecule has 1 saturated heterocycles. The fraction of sp³-hybridized carbons (Fsp3) is 0.731. The first kappa shape index (κ1) is 26.9. The third-order valence-electron chi connectivity index (χ3n) is 6.71. The van der Waals surface area contributed by atoms with Crippen molar-refractivity contribution in [1.82, 2.24) is 19.4 Å². The van der Waals surface area contributed by atoms with Gasteiger partial charge in [-0.2, -0.15) is 0 Å². The molecule has 9 nitrogen and oxygen atoms in total. The highest BCUT2D eigenvalue weighted by Crippen LogP contribution is 2.43. The van der Waals surface area contributed by atoms with E-state index in [0.29, 0.717) is 31.6 Å². The number of nitrogens with zero attached hydrogens (tertiary/aromatic N) is 4. The van der Waals surface area contributed by atoms with E-state index in [9.17, 15) is 9.90 Å². The number of piperidine rings is 1. The molecule has 0 spiro atoms. The number of carbonyl (C=O) groups is 1. The molecular formula is C26H43N5O4Si. The van der Waals surface area contributed by atoms with Crippen LogP contribution in [0, 0.1) is 5.92 Å². The predicted octanol–water partition coefficient (Wildman–Crippen LogP) is 5.00. The Bertz CT molecular complexity index is 1050. The smallest absolute Gasteiger partial charge is 0.410 e. The third-order valence-corrected chi connectivity index (χ3v) is 8.41. The Morgan fingerprint density at radius 1 is 1.22 bits per heavy atom. The maximum atomic E-state index is 12.4. The van der Waals surface area contributed by atoms with E-state index in [4.69, 9.17) is 19.4 Å². The lowest BCUT2D eigenvalue weighted by atomic mass is 10.1.